The summed E-state index contributed by atoms with van der Waals surface area (Å²) in [5.74, 6) is 0. The highest BCUT2D eigenvalue weighted by atomic mass is 15.2. The molecule has 2 nitrogen and oxygen atoms in total. The standard InChI is InChI=1S/C19H32N2/c1-19(16-20,15-14-17-10-6-5-7-11-17)21(2)18-12-8-3-4-9-13-18/h5-7,10-11,18H,3-4,8-9,12-16,20H2,1-2H3. The van der Waals surface area contributed by atoms with Gasteiger partial charge in [0.05, 0.1) is 0 Å². The molecule has 0 amide bonds. The predicted octanol–water partition coefficient (Wildman–Crippen LogP) is 3.99. The van der Waals surface area contributed by atoms with Gasteiger partial charge in [0.25, 0.3) is 0 Å². The van der Waals surface area contributed by atoms with Crippen molar-refractivity contribution in [2.45, 2.75) is 69.9 Å². The van der Waals surface area contributed by atoms with E-state index in [1.807, 2.05) is 0 Å². The fourth-order valence-electron chi connectivity index (χ4n) is 3.57. The summed E-state index contributed by atoms with van der Waals surface area (Å²) in [7, 11) is 2.30. The van der Waals surface area contributed by atoms with Crippen molar-refractivity contribution in [1.29, 1.82) is 0 Å². The molecule has 1 atom stereocenters. The van der Waals surface area contributed by atoms with E-state index in [4.69, 9.17) is 5.73 Å². The molecule has 21 heavy (non-hydrogen) atoms. The van der Waals surface area contributed by atoms with Crippen molar-refractivity contribution in [2.24, 2.45) is 5.73 Å². The number of aryl methyl sites for hydroxylation is 1. The van der Waals surface area contributed by atoms with Gasteiger partial charge in [0, 0.05) is 18.1 Å². The average molecular weight is 288 g/mol. The van der Waals surface area contributed by atoms with E-state index in [9.17, 15) is 0 Å². The van der Waals surface area contributed by atoms with Crippen LogP contribution < -0.4 is 5.73 Å². The van der Waals surface area contributed by atoms with Crippen LogP contribution in [0.1, 0.15) is 57.4 Å². The Kier molecular flexibility index (Phi) is 6.25. The molecule has 2 heteroatoms. The molecule has 0 saturated heterocycles. The van der Waals surface area contributed by atoms with Gasteiger partial charge in [-0.2, -0.15) is 0 Å². The van der Waals surface area contributed by atoms with E-state index >= 15 is 0 Å². The Hall–Kier alpha value is -0.860. The van der Waals surface area contributed by atoms with Gasteiger partial charge in [-0.3, -0.25) is 4.90 Å². The maximum atomic E-state index is 6.18. The molecule has 0 aromatic heterocycles. The van der Waals surface area contributed by atoms with Crippen molar-refractivity contribution in [3.8, 4) is 0 Å². The lowest BCUT2D eigenvalue weighted by molar-refractivity contribution is 0.0757. The van der Waals surface area contributed by atoms with Crippen molar-refractivity contribution in [2.75, 3.05) is 13.6 Å². The van der Waals surface area contributed by atoms with Gasteiger partial charge in [0.15, 0.2) is 0 Å². The molecule has 0 heterocycles. The maximum absolute atomic E-state index is 6.18. The molecule has 1 aliphatic rings. The normalized spacial score (nSPS) is 20.2. The second kappa shape index (κ2) is 7.95. The van der Waals surface area contributed by atoms with Crippen LogP contribution in [-0.4, -0.2) is 30.1 Å². The lowest BCUT2D eigenvalue weighted by Crippen LogP contribution is -2.54. The summed E-state index contributed by atoms with van der Waals surface area (Å²) < 4.78 is 0. The van der Waals surface area contributed by atoms with E-state index in [0.29, 0.717) is 0 Å². The summed E-state index contributed by atoms with van der Waals surface area (Å²) in [6.45, 7) is 3.09. The molecule has 1 aliphatic carbocycles. The number of hydrogen-bond acceptors (Lipinski definition) is 2. The lowest BCUT2D eigenvalue weighted by atomic mass is 9.89. The Morgan fingerprint density at radius 3 is 2.29 bits per heavy atom. The van der Waals surface area contributed by atoms with Crippen molar-refractivity contribution in [3.05, 3.63) is 35.9 Å². The van der Waals surface area contributed by atoms with Crippen LogP contribution in [0, 0.1) is 0 Å². The number of rotatable bonds is 6. The van der Waals surface area contributed by atoms with Gasteiger partial charge in [0.2, 0.25) is 0 Å². The molecule has 2 N–H and O–H groups in total. The van der Waals surface area contributed by atoms with Gasteiger partial charge < -0.3 is 5.73 Å². The first-order chi connectivity index (χ1) is 10.2. The minimum Gasteiger partial charge on any atom is -0.329 e. The third-order valence-corrected chi connectivity index (χ3v) is 5.46. The van der Waals surface area contributed by atoms with Crippen LogP contribution >= 0.6 is 0 Å². The largest absolute Gasteiger partial charge is 0.329 e. The second-order valence-corrected chi connectivity index (χ2v) is 6.94. The predicted molar refractivity (Wildman–Crippen MR) is 91.5 cm³/mol. The van der Waals surface area contributed by atoms with Crippen LogP contribution in [0.4, 0.5) is 0 Å². The first-order valence-corrected chi connectivity index (χ1v) is 8.63. The number of nitrogens with zero attached hydrogens (tertiary/aromatic N) is 1. The van der Waals surface area contributed by atoms with Crippen LogP contribution in [0.3, 0.4) is 0 Å². The van der Waals surface area contributed by atoms with Gasteiger partial charge in [-0.05, 0) is 45.2 Å². The van der Waals surface area contributed by atoms with E-state index in [1.165, 1.54) is 44.1 Å². The Morgan fingerprint density at radius 1 is 1.10 bits per heavy atom. The van der Waals surface area contributed by atoms with E-state index < -0.39 is 0 Å². The molecule has 1 aromatic carbocycles. The average Bonchev–Trinajstić information content (AvgIpc) is 2.82. The Balaban J connectivity index is 1.97. The van der Waals surface area contributed by atoms with Gasteiger partial charge >= 0.3 is 0 Å². The molecule has 0 radical (unpaired) electrons. The molecule has 118 valence electrons. The number of benzene rings is 1. The molecule has 0 spiro atoms. The molecule has 1 fully saturated rings. The summed E-state index contributed by atoms with van der Waals surface area (Å²) >= 11 is 0. The summed E-state index contributed by atoms with van der Waals surface area (Å²) in [6, 6.07) is 11.5. The topological polar surface area (TPSA) is 29.3 Å². The molecule has 1 saturated carbocycles. The van der Waals surface area contributed by atoms with Gasteiger partial charge in [-0.25, -0.2) is 0 Å². The first-order valence-electron chi connectivity index (χ1n) is 8.63. The van der Waals surface area contributed by atoms with Gasteiger partial charge in [-0.15, -0.1) is 0 Å². The van der Waals surface area contributed by atoms with Crippen molar-refractivity contribution in [1.82, 2.24) is 4.90 Å². The molecular formula is C19H32N2. The van der Waals surface area contributed by atoms with Gasteiger partial charge in [-0.1, -0.05) is 56.0 Å². The highest BCUT2D eigenvalue weighted by molar-refractivity contribution is 5.15. The zero-order valence-electron chi connectivity index (χ0n) is 13.9. The van der Waals surface area contributed by atoms with Crippen molar-refractivity contribution >= 4 is 0 Å². The zero-order valence-corrected chi connectivity index (χ0v) is 13.9. The quantitative estimate of drug-likeness (QED) is 0.802. The highest BCUT2D eigenvalue weighted by Crippen LogP contribution is 2.28. The summed E-state index contributed by atoms with van der Waals surface area (Å²) in [4.78, 5) is 2.60. The molecule has 1 unspecified atom stereocenters. The summed E-state index contributed by atoms with van der Waals surface area (Å²) in [5.41, 5.74) is 7.71. The van der Waals surface area contributed by atoms with E-state index in [2.05, 4.69) is 49.2 Å². The van der Waals surface area contributed by atoms with Crippen LogP contribution in [-0.2, 0) is 6.42 Å². The fourth-order valence-corrected chi connectivity index (χ4v) is 3.57. The zero-order chi connectivity index (χ0) is 15.1. The summed E-state index contributed by atoms with van der Waals surface area (Å²) in [5, 5.41) is 0. The van der Waals surface area contributed by atoms with E-state index in [1.54, 1.807) is 0 Å². The Labute approximate surface area is 130 Å². The van der Waals surface area contributed by atoms with Gasteiger partial charge in [0.1, 0.15) is 0 Å². The van der Waals surface area contributed by atoms with Crippen molar-refractivity contribution in [3.63, 3.8) is 0 Å². The SMILES string of the molecule is CN(C1CCCCCC1)C(C)(CN)CCc1ccccc1. The number of likely N-dealkylation sites (N-methyl/N-ethyl adjacent to an activating group) is 1. The third kappa shape index (κ3) is 4.55. The highest BCUT2D eigenvalue weighted by Gasteiger charge is 2.32. The molecule has 0 bridgehead atoms. The first kappa shape index (κ1) is 16.5. The minimum absolute atomic E-state index is 0.116. The molecule has 0 aliphatic heterocycles. The van der Waals surface area contributed by atoms with Crippen LogP contribution in [0.25, 0.3) is 0 Å². The van der Waals surface area contributed by atoms with E-state index in [0.717, 1.165) is 25.4 Å². The van der Waals surface area contributed by atoms with Crippen molar-refractivity contribution < 1.29 is 0 Å². The minimum atomic E-state index is 0.116. The van der Waals surface area contributed by atoms with Crippen LogP contribution in [0.2, 0.25) is 0 Å². The Morgan fingerprint density at radius 2 is 1.71 bits per heavy atom. The van der Waals surface area contributed by atoms with E-state index in [-0.39, 0.29) is 5.54 Å². The van der Waals surface area contributed by atoms with Crippen LogP contribution in [0.15, 0.2) is 30.3 Å². The Bertz CT molecular complexity index is 395. The maximum Gasteiger partial charge on any atom is 0.0306 e. The molecule has 1 aromatic rings. The molecular weight excluding hydrogens is 256 g/mol. The number of nitrogens with two attached hydrogens (primary N) is 1. The summed E-state index contributed by atoms with van der Waals surface area (Å²) in [6.07, 6.45) is 10.5. The molecule has 2 rings (SSSR count). The fraction of sp³-hybridized carbons (Fsp3) is 0.684. The second-order valence-electron chi connectivity index (χ2n) is 6.94. The van der Waals surface area contributed by atoms with Crippen LogP contribution in [0.5, 0.6) is 0 Å². The lowest BCUT2D eigenvalue weighted by Gasteiger charge is -2.43. The monoisotopic (exact) mass is 288 g/mol. The number of hydrogen-bond donors (Lipinski definition) is 1. The third-order valence-electron chi connectivity index (χ3n) is 5.46. The smallest absolute Gasteiger partial charge is 0.0306 e.